The number of hydrogen-bond donors (Lipinski definition) is 2. The molecule has 0 spiro atoms. The van der Waals surface area contributed by atoms with Crippen molar-refractivity contribution in [1.29, 1.82) is 0 Å². The van der Waals surface area contributed by atoms with Crippen LogP contribution in [-0.4, -0.2) is 28.0 Å². The van der Waals surface area contributed by atoms with E-state index in [0.29, 0.717) is 0 Å². The van der Waals surface area contributed by atoms with Crippen LogP contribution in [0.2, 0.25) is 0 Å². The second-order valence-electron chi connectivity index (χ2n) is 8.59. The lowest BCUT2D eigenvalue weighted by Crippen LogP contribution is -2.40. The van der Waals surface area contributed by atoms with Crippen LogP contribution in [0.1, 0.15) is 36.0 Å². The molecule has 0 aliphatic heterocycles. The van der Waals surface area contributed by atoms with Crippen LogP contribution in [0.25, 0.3) is 10.9 Å². The number of ether oxygens (including phenoxy) is 1. The minimum absolute atomic E-state index is 0.0152. The molecule has 0 saturated heterocycles. The Morgan fingerprint density at radius 1 is 0.886 bits per heavy atom. The molecule has 35 heavy (non-hydrogen) atoms. The van der Waals surface area contributed by atoms with E-state index in [4.69, 9.17) is 4.74 Å². The number of hydrogen-bond acceptors (Lipinski definition) is 5. The molecule has 6 nitrogen and oxygen atoms in total. The molecule has 0 bridgehead atoms. The average molecular weight is 475 g/mol. The molecule has 5 rings (SSSR count). The molecule has 2 aromatic carbocycles. The van der Waals surface area contributed by atoms with Gasteiger partial charge in [-0.3, -0.25) is 4.79 Å². The molecule has 4 aromatic rings. The lowest BCUT2D eigenvalue weighted by atomic mass is 9.91. The normalized spacial score (nSPS) is 17.7. The van der Waals surface area contributed by atoms with Crippen LogP contribution < -0.4 is 15.4 Å². The van der Waals surface area contributed by atoms with Gasteiger partial charge in [-0.2, -0.15) is 0 Å². The number of para-hydroxylation sites is 1. The molecule has 2 N–H and O–H groups in total. The molecule has 2 aromatic heterocycles. The monoisotopic (exact) mass is 474 g/mol. The van der Waals surface area contributed by atoms with E-state index >= 15 is 0 Å². The number of benzene rings is 2. The first-order chi connectivity index (χ1) is 17.0. The van der Waals surface area contributed by atoms with Crippen molar-refractivity contribution in [3.05, 3.63) is 90.1 Å². The predicted octanol–water partition coefficient (Wildman–Crippen LogP) is 5.85. The number of rotatable bonds is 6. The zero-order chi connectivity index (χ0) is 24.2. The summed E-state index contributed by atoms with van der Waals surface area (Å²) in [6.07, 6.45) is 4.90. The highest BCUT2D eigenvalue weighted by atomic mass is 19.2. The first-order valence-corrected chi connectivity index (χ1v) is 11.6. The fourth-order valence-electron chi connectivity index (χ4n) is 4.30. The Bertz CT molecular complexity index is 1360. The van der Waals surface area contributed by atoms with Crippen molar-refractivity contribution in [2.24, 2.45) is 0 Å². The number of nitrogens with one attached hydrogen (secondary N) is 2. The molecule has 1 aliphatic carbocycles. The van der Waals surface area contributed by atoms with Crippen molar-refractivity contribution in [3.63, 3.8) is 0 Å². The Labute approximate surface area is 201 Å². The van der Waals surface area contributed by atoms with Crippen LogP contribution in [0.15, 0.2) is 72.9 Å². The molecule has 1 fully saturated rings. The van der Waals surface area contributed by atoms with E-state index in [1.54, 1.807) is 12.1 Å². The Balaban J connectivity index is 1.18. The van der Waals surface area contributed by atoms with Crippen LogP contribution in [0.4, 0.5) is 14.6 Å². The van der Waals surface area contributed by atoms with Gasteiger partial charge >= 0.3 is 0 Å². The van der Waals surface area contributed by atoms with Gasteiger partial charge in [-0.05, 0) is 68.1 Å². The molecule has 1 aliphatic rings. The first-order valence-electron chi connectivity index (χ1n) is 11.6. The lowest BCUT2D eigenvalue weighted by Gasteiger charge is -2.30. The van der Waals surface area contributed by atoms with Crippen molar-refractivity contribution < 1.29 is 18.3 Å². The second kappa shape index (κ2) is 10.0. The quantitative estimate of drug-likeness (QED) is 0.366. The highest BCUT2D eigenvalue weighted by Crippen LogP contribution is 2.26. The molecule has 2 heterocycles. The van der Waals surface area contributed by atoms with Crippen molar-refractivity contribution in [3.8, 4) is 11.6 Å². The summed E-state index contributed by atoms with van der Waals surface area (Å²) in [5.74, 6) is -1.38. The van der Waals surface area contributed by atoms with Gasteiger partial charge in [-0.1, -0.05) is 18.2 Å². The van der Waals surface area contributed by atoms with Gasteiger partial charge in [0, 0.05) is 29.7 Å². The van der Waals surface area contributed by atoms with Crippen LogP contribution in [0.3, 0.4) is 0 Å². The van der Waals surface area contributed by atoms with Gasteiger partial charge in [0.25, 0.3) is 5.91 Å². The smallest absolute Gasteiger partial charge is 0.257 e. The van der Waals surface area contributed by atoms with Crippen molar-refractivity contribution in [2.75, 3.05) is 5.32 Å². The van der Waals surface area contributed by atoms with Crippen LogP contribution in [-0.2, 0) is 0 Å². The minimum Gasteiger partial charge on any atom is -0.438 e. The lowest BCUT2D eigenvalue weighted by molar-refractivity contribution is 0.0923. The zero-order valence-electron chi connectivity index (χ0n) is 18.9. The number of carbonyl (C=O) groups excluding carboxylic acids is 1. The van der Waals surface area contributed by atoms with E-state index in [1.165, 1.54) is 12.3 Å². The van der Waals surface area contributed by atoms with Gasteiger partial charge in [0.15, 0.2) is 11.6 Å². The zero-order valence-corrected chi connectivity index (χ0v) is 18.9. The number of nitrogens with zero attached hydrogens (tertiary/aromatic N) is 2. The van der Waals surface area contributed by atoms with Gasteiger partial charge in [0.05, 0.1) is 5.52 Å². The third-order valence-corrected chi connectivity index (χ3v) is 6.13. The number of aromatic nitrogens is 2. The van der Waals surface area contributed by atoms with E-state index < -0.39 is 11.6 Å². The van der Waals surface area contributed by atoms with E-state index in [1.807, 2.05) is 30.3 Å². The topological polar surface area (TPSA) is 76.1 Å². The summed E-state index contributed by atoms with van der Waals surface area (Å²) in [6.45, 7) is 0. The standard InChI is InChI=1S/C27H24F2N4O2/c28-22-13-12-20(16-23(22)29)35-27-21(5-3-15-30-27)26(34)32-19-10-8-18(9-11-19)31-25-14-7-17-4-1-2-6-24(17)33-25/h1-7,12-16,18-19H,8-11H2,(H,31,33)(H,32,34)/t18-,19+. The van der Waals surface area contributed by atoms with E-state index in [-0.39, 0.29) is 35.2 Å². The third kappa shape index (κ3) is 5.37. The highest BCUT2D eigenvalue weighted by Gasteiger charge is 2.24. The summed E-state index contributed by atoms with van der Waals surface area (Å²) in [5, 5.41) is 7.67. The maximum atomic E-state index is 13.5. The minimum atomic E-state index is -1.03. The van der Waals surface area contributed by atoms with Gasteiger partial charge in [-0.25, -0.2) is 18.7 Å². The predicted molar refractivity (Wildman–Crippen MR) is 130 cm³/mol. The van der Waals surface area contributed by atoms with Crippen molar-refractivity contribution >= 4 is 22.6 Å². The van der Waals surface area contributed by atoms with Crippen molar-refractivity contribution in [1.82, 2.24) is 15.3 Å². The van der Waals surface area contributed by atoms with Crippen LogP contribution >= 0.6 is 0 Å². The van der Waals surface area contributed by atoms with E-state index in [0.717, 1.165) is 54.5 Å². The molecular formula is C27H24F2N4O2. The largest absolute Gasteiger partial charge is 0.438 e. The maximum absolute atomic E-state index is 13.5. The molecular weight excluding hydrogens is 450 g/mol. The summed E-state index contributed by atoms with van der Waals surface area (Å²) in [5.41, 5.74) is 1.19. The van der Waals surface area contributed by atoms with Gasteiger partial charge in [-0.15, -0.1) is 0 Å². The molecule has 0 radical (unpaired) electrons. The maximum Gasteiger partial charge on any atom is 0.257 e. The molecule has 0 atom stereocenters. The van der Waals surface area contributed by atoms with E-state index in [2.05, 4.69) is 26.7 Å². The summed E-state index contributed by atoms with van der Waals surface area (Å²) in [7, 11) is 0. The SMILES string of the molecule is O=C(N[C@H]1CC[C@@H](Nc2ccc3ccccc3n2)CC1)c1cccnc1Oc1ccc(F)c(F)c1. The Morgan fingerprint density at radius 2 is 1.69 bits per heavy atom. The van der Waals surface area contributed by atoms with Gasteiger partial charge in [0.1, 0.15) is 17.1 Å². The molecule has 1 saturated carbocycles. The Morgan fingerprint density at radius 3 is 2.51 bits per heavy atom. The van der Waals surface area contributed by atoms with Gasteiger partial charge < -0.3 is 15.4 Å². The summed E-state index contributed by atoms with van der Waals surface area (Å²) < 4.78 is 32.3. The molecule has 8 heteroatoms. The number of amides is 1. The van der Waals surface area contributed by atoms with Crippen LogP contribution in [0, 0.1) is 11.6 Å². The number of halogens is 2. The Kier molecular flexibility index (Phi) is 6.52. The van der Waals surface area contributed by atoms with E-state index in [9.17, 15) is 13.6 Å². The Hall–Kier alpha value is -4.07. The second-order valence-corrected chi connectivity index (χ2v) is 8.59. The highest BCUT2D eigenvalue weighted by molar-refractivity contribution is 5.96. The van der Waals surface area contributed by atoms with Gasteiger partial charge in [0.2, 0.25) is 5.88 Å². The van der Waals surface area contributed by atoms with Crippen LogP contribution in [0.5, 0.6) is 11.6 Å². The fourth-order valence-corrected chi connectivity index (χ4v) is 4.30. The first kappa shape index (κ1) is 22.7. The fraction of sp³-hybridized carbons (Fsp3) is 0.222. The number of pyridine rings is 2. The number of carbonyl (C=O) groups is 1. The summed E-state index contributed by atoms with van der Waals surface area (Å²) in [4.78, 5) is 21.7. The average Bonchev–Trinajstić information content (AvgIpc) is 2.88. The molecule has 0 unspecified atom stereocenters. The number of anilines is 1. The summed E-state index contributed by atoms with van der Waals surface area (Å²) >= 11 is 0. The van der Waals surface area contributed by atoms with Crippen molar-refractivity contribution in [2.45, 2.75) is 37.8 Å². The molecule has 178 valence electrons. The summed E-state index contributed by atoms with van der Waals surface area (Å²) in [6, 6.07) is 18.7. The molecule has 1 amide bonds. The third-order valence-electron chi connectivity index (χ3n) is 6.13. The number of fused-ring (bicyclic) bond motifs is 1.